The zero-order valence-corrected chi connectivity index (χ0v) is 31.8. The summed E-state index contributed by atoms with van der Waals surface area (Å²) in [5.74, 6) is -0.373. The Morgan fingerprint density at radius 2 is 1.72 bits per heavy atom. The molecular weight excluding hydrogens is 701 g/mol. The van der Waals surface area contributed by atoms with Crippen molar-refractivity contribution in [3.63, 3.8) is 0 Å². The summed E-state index contributed by atoms with van der Waals surface area (Å²) in [6.45, 7) is 6.03. The quantitative estimate of drug-likeness (QED) is 0.211. The van der Waals surface area contributed by atoms with E-state index in [-0.39, 0.29) is 43.0 Å². The van der Waals surface area contributed by atoms with E-state index in [0.717, 1.165) is 22.1 Å². The number of anilines is 1. The molecule has 12 heteroatoms. The molecule has 4 aromatic carbocycles. The number of methoxy groups -OCH3 is 1. The van der Waals surface area contributed by atoms with Crippen LogP contribution in [0.1, 0.15) is 35.6 Å². The molecule has 0 unspecified atom stereocenters. The highest BCUT2D eigenvalue weighted by atomic mass is 28.4. The smallest absolute Gasteiger partial charge is 0.279 e. The second kappa shape index (κ2) is 13.6. The van der Waals surface area contributed by atoms with Crippen LogP contribution in [-0.2, 0) is 39.4 Å². The lowest BCUT2D eigenvalue weighted by Crippen LogP contribution is -2.48. The zero-order valence-electron chi connectivity index (χ0n) is 30.8. The summed E-state index contributed by atoms with van der Waals surface area (Å²) in [5, 5.41) is 16.0. The molecule has 1 saturated heterocycles. The third-order valence-corrected chi connectivity index (χ3v) is 14.2. The third kappa shape index (κ3) is 5.84. The number of carbonyl (C=O) groups excluding carboxylic acids is 2. The Balaban J connectivity index is 1.11. The van der Waals surface area contributed by atoms with E-state index in [1.807, 2.05) is 105 Å². The van der Waals surface area contributed by atoms with Crippen molar-refractivity contribution in [3.05, 3.63) is 130 Å². The number of aliphatic hydroxyl groups excluding tert-OH is 1. The van der Waals surface area contributed by atoms with E-state index >= 15 is 4.79 Å². The first-order valence-electron chi connectivity index (χ1n) is 18.4. The summed E-state index contributed by atoms with van der Waals surface area (Å²) in [7, 11) is -1.48. The number of carbonyl (C=O) groups is 2. The van der Waals surface area contributed by atoms with Gasteiger partial charge < -0.3 is 29.2 Å². The number of hydrogen-bond acceptors (Lipinski definition) is 8. The Morgan fingerprint density at radius 3 is 2.44 bits per heavy atom. The molecule has 2 amide bonds. The van der Waals surface area contributed by atoms with E-state index in [9.17, 15) is 19.5 Å². The van der Waals surface area contributed by atoms with Crippen molar-refractivity contribution in [3.8, 4) is 11.4 Å². The molecule has 3 aliphatic heterocycles. The number of ether oxygens (including phenoxy) is 2. The van der Waals surface area contributed by atoms with Crippen LogP contribution in [0.2, 0.25) is 18.6 Å². The minimum Gasteiger partial charge on any atom is -0.497 e. The molecule has 8 rings (SSSR count). The van der Waals surface area contributed by atoms with E-state index in [2.05, 4.69) is 5.10 Å². The van der Waals surface area contributed by atoms with Crippen molar-refractivity contribution >= 4 is 36.6 Å². The van der Waals surface area contributed by atoms with Crippen molar-refractivity contribution < 1.29 is 29.0 Å². The highest BCUT2D eigenvalue weighted by Crippen LogP contribution is 2.60. The summed E-state index contributed by atoms with van der Waals surface area (Å²) in [5.41, 5.74) is 2.74. The van der Waals surface area contributed by atoms with Gasteiger partial charge in [-0.3, -0.25) is 14.4 Å². The van der Waals surface area contributed by atoms with E-state index < -0.39 is 31.5 Å². The van der Waals surface area contributed by atoms with Crippen LogP contribution in [0, 0.1) is 5.92 Å². The number of nitrogens with zero attached hydrogens (tertiary/aromatic N) is 4. The molecule has 278 valence electrons. The second-order valence-electron chi connectivity index (χ2n) is 15.3. The largest absolute Gasteiger partial charge is 0.497 e. The van der Waals surface area contributed by atoms with Gasteiger partial charge in [-0.15, -0.1) is 0 Å². The van der Waals surface area contributed by atoms with E-state index in [4.69, 9.17) is 9.47 Å². The molecule has 0 saturated carbocycles. The highest BCUT2D eigenvalue weighted by Gasteiger charge is 2.66. The predicted octanol–water partition coefficient (Wildman–Crippen LogP) is 5.07. The normalized spacial score (nSPS) is 23.6. The van der Waals surface area contributed by atoms with Crippen LogP contribution in [0.3, 0.4) is 0 Å². The first-order chi connectivity index (χ1) is 25.9. The monoisotopic (exact) mass is 744 g/mol. The van der Waals surface area contributed by atoms with Crippen LogP contribution in [0.25, 0.3) is 16.5 Å². The van der Waals surface area contributed by atoms with Crippen LogP contribution in [0.4, 0.5) is 5.69 Å². The average molecular weight is 745 g/mol. The Labute approximate surface area is 314 Å². The van der Waals surface area contributed by atoms with Gasteiger partial charge in [0.25, 0.3) is 11.5 Å². The SMILES string of the molecule is COc1ccc2c(c1)[C@]1(O[C@@H](CC(=O)N3Cc4ccccc4C[C@H]3CO)[C@H]([Si](C)(C)O)[C@H]1C)C(=O)N2Cc1ccc(-n2ncc3ccccc3c2=O)cc1. The van der Waals surface area contributed by atoms with Gasteiger partial charge in [0.1, 0.15) is 5.75 Å². The zero-order chi connectivity index (χ0) is 37.9. The standard InChI is InChI=1S/C42H44N4O7Si/c1-26-39(54(3,4)51)37(21-38(48)44-24-30-11-6-5-9-28(30)19-32(44)25-47)53-42(26)35-20-33(52-2)17-18-36(35)45(41(42)50)23-27-13-15-31(16-14-27)46-40(49)34-12-8-7-10-29(34)22-43-46/h5-18,20,22,26,32,37,39,47,51H,19,21,23-25H2,1-4H3/t26-,32+,37+,39-,42+/m1/s1. The summed E-state index contributed by atoms with van der Waals surface area (Å²) in [4.78, 5) is 57.7. The fourth-order valence-corrected chi connectivity index (χ4v) is 11.6. The highest BCUT2D eigenvalue weighted by molar-refractivity contribution is 6.71. The van der Waals surface area contributed by atoms with Gasteiger partial charge in [0.05, 0.1) is 61.8 Å². The van der Waals surface area contributed by atoms with Gasteiger partial charge in [0.15, 0.2) is 13.9 Å². The van der Waals surface area contributed by atoms with Gasteiger partial charge in [0, 0.05) is 29.0 Å². The molecule has 1 fully saturated rings. The third-order valence-electron chi connectivity index (χ3n) is 11.7. The molecule has 11 nitrogen and oxygen atoms in total. The molecule has 54 heavy (non-hydrogen) atoms. The van der Waals surface area contributed by atoms with Crippen molar-refractivity contribution in [2.45, 2.75) is 69.2 Å². The van der Waals surface area contributed by atoms with Crippen LogP contribution in [-0.4, -0.2) is 70.6 Å². The second-order valence-corrected chi connectivity index (χ2v) is 19.3. The molecule has 0 radical (unpaired) electrons. The molecule has 5 atom stereocenters. The van der Waals surface area contributed by atoms with Gasteiger partial charge in [-0.2, -0.15) is 9.78 Å². The molecule has 2 N–H and O–H groups in total. The molecule has 0 aliphatic carbocycles. The van der Waals surface area contributed by atoms with Gasteiger partial charge >= 0.3 is 0 Å². The number of hydrogen-bond donors (Lipinski definition) is 2. The van der Waals surface area contributed by atoms with Crippen molar-refractivity contribution in [2.24, 2.45) is 5.92 Å². The van der Waals surface area contributed by atoms with Gasteiger partial charge in [-0.25, -0.2) is 0 Å². The summed E-state index contributed by atoms with van der Waals surface area (Å²) < 4.78 is 14.0. The van der Waals surface area contributed by atoms with Gasteiger partial charge in [-0.05, 0) is 72.6 Å². The molecule has 0 bridgehead atoms. The summed E-state index contributed by atoms with van der Waals surface area (Å²) >= 11 is 0. The topological polar surface area (TPSA) is 134 Å². The van der Waals surface area contributed by atoms with E-state index in [0.29, 0.717) is 41.0 Å². The number of aromatic nitrogens is 2. The van der Waals surface area contributed by atoms with E-state index in [1.165, 1.54) is 4.68 Å². The Hall–Kier alpha value is -5.14. The lowest BCUT2D eigenvalue weighted by atomic mass is 9.82. The lowest BCUT2D eigenvalue weighted by molar-refractivity contribution is -0.151. The van der Waals surface area contributed by atoms with Gasteiger partial charge in [0.2, 0.25) is 5.91 Å². The Bertz CT molecular complexity index is 2320. The minimum atomic E-state index is -3.05. The maximum Gasteiger partial charge on any atom is 0.279 e. The van der Waals surface area contributed by atoms with Crippen LogP contribution in [0.5, 0.6) is 5.75 Å². The lowest BCUT2D eigenvalue weighted by Gasteiger charge is -2.37. The first kappa shape index (κ1) is 35.9. The number of rotatable bonds is 8. The Morgan fingerprint density at radius 1 is 1.00 bits per heavy atom. The average Bonchev–Trinajstić information content (AvgIpc) is 3.60. The van der Waals surface area contributed by atoms with E-state index in [1.54, 1.807) is 29.2 Å². The summed E-state index contributed by atoms with van der Waals surface area (Å²) in [6, 6.07) is 27.8. The predicted molar refractivity (Wildman–Crippen MR) is 207 cm³/mol. The molecule has 4 heterocycles. The minimum absolute atomic E-state index is 0.0391. The molecular formula is C42H44N4O7Si. The maximum absolute atomic E-state index is 15.0. The Kier molecular flexibility index (Phi) is 9.04. The molecule has 3 aliphatic rings. The molecule has 5 aromatic rings. The van der Waals surface area contributed by atoms with Crippen molar-refractivity contribution in [1.82, 2.24) is 14.7 Å². The number of aliphatic hydroxyl groups is 1. The van der Waals surface area contributed by atoms with Crippen LogP contribution < -0.4 is 15.2 Å². The van der Waals surface area contributed by atoms with Crippen molar-refractivity contribution in [1.29, 1.82) is 0 Å². The van der Waals surface area contributed by atoms with Crippen LogP contribution >= 0.6 is 0 Å². The first-order valence-corrected chi connectivity index (χ1v) is 21.4. The number of fused-ring (bicyclic) bond motifs is 4. The molecule has 1 aromatic heterocycles. The number of amides is 2. The summed E-state index contributed by atoms with van der Waals surface area (Å²) in [6.07, 6.45) is 1.43. The van der Waals surface area contributed by atoms with Crippen LogP contribution in [0.15, 0.2) is 102 Å². The number of benzene rings is 4. The molecule has 1 spiro atoms. The maximum atomic E-state index is 15.0. The van der Waals surface area contributed by atoms with Crippen molar-refractivity contribution in [2.75, 3.05) is 18.6 Å². The fourth-order valence-electron chi connectivity index (χ4n) is 9.07. The fraction of sp³-hybridized carbons (Fsp3) is 0.333. The van der Waals surface area contributed by atoms with Gasteiger partial charge in [-0.1, -0.05) is 61.5 Å².